The molecule has 0 heterocycles. The lowest BCUT2D eigenvalue weighted by Gasteiger charge is -2.21. The molecule has 6 atom stereocenters. The lowest BCUT2D eigenvalue weighted by atomic mass is 9.99. The van der Waals surface area contributed by atoms with Gasteiger partial charge >= 0.3 is 39.5 Å². The van der Waals surface area contributed by atoms with Gasteiger partial charge in [-0.1, -0.05) is 380 Å². The summed E-state index contributed by atoms with van der Waals surface area (Å²) >= 11 is 0. The fourth-order valence-corrected chi connectivity index (χ4v) is 14.3. The van der Waals surface area contributed by atoms with E-state index in [1.165, 1.54) is 244 Å². The standard InChI is InChI=1S/C85H162O17P2/c1-6-10-13-16-19-22-25-28-30-31-32-34-39-44-49-54-59-64-69-83(88)96-75-81(102-85(90)71-66-61-56-51-46-41-36-35-38-42-47-52-57-62-67-78(5)9-4)77-100-104(93,94)98-73-79(86)72-97-103(91,92)99-76-80(74-95-82(87)68-63-58-53-48-43-37-27-24-21-18-15-12-8-3)101-84(89)70-65-60-55-50-45-40-33-29-26-23-20-17-14-11-7-2/h23,26,29,33,78-81,86H,6-22,24-25,27-28,30-32,34-77H2,1-5H3,(H,91,92)(H,93,94)/b26-23-,33-29-/t78?,79-,80+,81+/m0/s1. The summed E-state index contributed by atoms with van der Waals surface area (Å²) in [6.07, 6.45) is 72.8. The minimum atomic E-state index is -4.97. The lowest BCUT2D eigenvalue weighted by Crippen LogP contribution is -2.30. The number of carbonyl (C=O) groups is 4. The monoisotopic (exact) mass is 1520 g/mol. The highest BCUT2D eigenvalue weighted by Crippen LogP contribution is 2.45. The zero-order valence-corrected chi connectivity index (χ0v) is 69.4. The zero-order valence-electron chi connectivity index (χ0n) is 67.7. The van der Waals surface area contributed by atoms with E-state index in [9.17, 15) is 43.2 Å². The summed E-state index contributed by atoms with van der Waals surface area (Å²) in [6, 6.07) is 0. The Labute approximate surface area is 637 Å². The molecule has 0 rings (SSSR count). The van der Waals surface area contributed by atoms with E-state index >= 15 is 0 Å². The van der Waals surface area contributed by atoms with Gasteiger partial charge in [-0.25, -0.2) is 9.13 Å². The first-order chi connectivity index (χ1) is 50.6. The predicted molar refractivity (Wildman–Crippen MR) is 428 cm³/mol. The van der Waals surface area contributed by atoms with Crippen molar-refractivity contribution < 1.29 is 80.2 Å². The number of ether oxygens (including phenoxy) is 4. The molecule has 0 saturated carbocycles. The van der Waals surface area contributed by atoms with Gasteiger partial charge in [0.2, 0.25) is 0 Å². The first kappa shape index (κ1) is 102. The number of hydrogen-bond donors (Lipinski definition) is 3. The number of aliphatic hydroxyl groups excluding tert-OH is 1. The van der Waals surface area contributed by atoms with Crippen molar-refractivity contribution in [2.24, 2.45) is 5.92 Å². The Morgan fingerprint density at radius 2 is 0.538 bits per heavy atom. The molecule has 0 amide bonds. The second-order valence-electron chi connectivity index (χ2n) is 30.1. The first-order valence-corrected chi connectivity index (χ1v) is 46.5. The average Bonchev–Trinajstić information content (AvgIpc) is 0.908. The van der Waals surface area contributed by atoms with Crippen LogP contribution in [0.25, 0.3) is 0 Å². The van der Waals surface area contributed by atoms with E-state index in [1.807, 2.05) is 0 Å². The van der Waals surface area contributed by atoms with Gasteiger partial charge in [0.1, 0.15) is 19.3 Å². The molecule has 0 aliphatic rings. The largest absolute Gasteiger partial charge is 0.472 e. The van der Waals surface area contributed by atoms with Gasteiger partial charge in [0.25, 0.3) is 0 Å². The van der Waals surface area contributed by atoms with Crippen molar-refractivity contribution >= 4 is 39.5 Å². The molecule has 0 aromatic carbocycles. The van der Waals surface area contributed by atoms with E-state index < -0.39 is 97.5 Å². The Balaban J connectivity index is 5.30. The molecule has 104 heavy (non-hydrogen) atoms. The minimum Gasteiger partial charge on any atom is -0.462 e. The molecule has 19 heteroatoms. The molecule has 0 saturated heterocycles. The van der Waals surface area contributed by atoms with Crippen LogP contribution in [0.4, 0.5) is 0 Å². The van der Waals surface area contributed by atoms with Crippen LogP contribution in [0, 0.1) is 5.92 Å². The van der Waals surface area contributed by atoms with Crippen LogP contribution in [0.3, 0.4) is 0 Å². The minimum absolute atomic E-state index is 0.0859. The van der Waals surface area contributed by atoms with Crippen LogP contribution < -0.4 is 0 Å². The number of esters is 4. The molecule has 17 nitrogen and oxygen atoms in total. The van der Waals surface area contributed by atoms with Crippen LogP contribution in [0.2, 0.25) is 0 Å². The molecular formula is C85H162O17P2. The quantitative estimate of drug-likeness (QED) is 0.0169. The Morgan fingerprint density at radius 1 is 0.308 bits per heavy atom. The van der Waals surface area contributed by atoms with E-state index in [1.54, 1.807) is 0 Å². The SMILES string of the molecule is CCCCCC/C=C\C=C/CCCCCCCC(=O)O[C@H](COC(=O)CCCCCCCCCCCCCCC)COP(=O)(O)OC[C@H](O)COP(=O)(O)OC[C@@H](COC(=O)CCCCCCCCCCCCCCCCCCCC)OC(=O)CCCCCCCCCCCCCCCCC(C)CC. The van der Waals surface area contributed by atoms with Crippen molar-refractivity contribution in [1.29, 1.82) is 0 Å². The van der Waals surface area contributed by atoms with Gasteiger partial charge in [-0.05, 0) is 57.3 Å². The zero-order chi connectivity index (χ0) is 76.2. The Hall–Kier alpha value is -2.46. The number of phosphoric ester groups is 2. The van der Waals surface area contributed by atoms with Crippen LogP contribution in [-0.4, -0.2) is 96.7 Å². The van der Waals surface area contributed by atoms with E-state index in [-0.39, 0.29) is 25.7 Å². The van der Waals surface area contributed by atoms with Crippen molar-refractivity contribution in [1.82, 2.24) is 0 Å². The van der Waals surface area contributed by atoms with Crippen molar-refractivity contribution in [2.75, 3.05) is 39.6 Å². The molecule has 0 aromatic rings. The number of allylic oxidation sites excluding steroid dienone is 4. The average molecular weight is 1520 g/mol. The predicted octanol–water partition coefficient (Wildman–Crippen LogP) is 25.5. The van der Waals surface area contributed by atoms with Crippen molar-refractivity contribution in [3.8, 4) is 0 Å². The fourth-order valence-electron chi connectivity index (χ4n) is 12.7. The number of aliphatic hydroxyl groups is 1. The molecule has 0 radical (unpaired) electrons. The summed E-state index contributed by atoms with van der Waals surface area (Å²) in [5, 5.41) is 10.7. The summed E-state index contributed by atoms with van der Waals surface area (Å²) < 4.78 is 68.8. The van der Waals surface area contributed by atoms with Crippen LogP contribution in [0.15, 0.2) is 24.3 Å². The molecule has 0 spiro atoms. The highest BCUT2D eigenvalue weighted by atomic mass is 31.2. The van der Waals surface area contributed by atoms with E-state index in [0.29, 0.717) is 25.7 Å². The highest BCUT2D eigenvalue weighted by molar-refractivity contribution is 7.47. The highest BCUT2D eigenvalue weighted by Gasteiger charge is 2.30. The van der Waals surface area contributed by atoms with Crippen LogP contribution >= 0.6 is 15.6 Å². The second-order valence-corrected chi connectivity index (χ2v) is 33.0. The second kappa shape index (κ2) is 77.3. The molecule has 0 aliphatic carbocycles. The van der Waals surface area contributed by atoms with Crippen molar-refractivity contribution in [2.45, 2.75) is 451 Å². The summed E-state index contributed by atoms with van der Waals surface area (Å²) in [4.78, 5) is 73.2. The molecular weight excluding hydrogens is 1350 g/mol. The van der Waals surface area contributed by atoms with Gasteiger partial charge < -0.3 is 33.8 Å². The summed E-state index contributed by atoms with van der Waals surface area (Å²) in [6.45, 7) is 7.35. The van der Waals surface area contributed by atoms with Crippen LogP contribution in [0.5, 0.6) is 0 Å². The number of hydrogen-bond acceptors (Lipinski definition) is 15. The summed E-state index contributed by atoms with van der Waals surface area (Å²) in [5.41, 5.74) is 0. The maximum Gasteiger partial charge on any atom is 0.472 e. The normalized spacial score (nSPS) is 14.2. The van der Waals surface area contributed by atoms with E-state index in [0.717, 1.165) is 109 Å². The third-order valence-electron chi connectivity index (χ3n) is 19.8. The van der Waals surface area contributed by atoms with Gasteiger partial charge in [-0.15, -0.1) is 0 Å². The van der Waals surface area contributed by atoms with Crippen molar-refractivity contribution in [3.63, 3.8) is 0 Å². The Kier molecular flexibility index (Phi) is 75.4. The molecule has 3 unspecified atom stereocenters. The number of carbonyl (C=O) groups excluding carboxylic acids is 4. The summed E-state index contributed by atoms with van der Waals surface area (Å²) in [5.74, 6) is -1.29. The lowest BCUT2D eigenvalue weighted by molar-refractivity contribution is -0.161. The summed E-state index contributed by atoms with van der Waals surface area (Å²) in [7, 11) is -9.94. The fraction of sp³-hybridized carbons (Fsp3) is 0.906. The van der Waals surface area contributed by atoms with Gasteiger partial charge in [-0.2, -0.15) is 0 Å². The van der Waals surface area contributed by atoms with Gasteiger partial charge in [-0.3, -0.25) is 37.3 Å². The third kappa shape index (κ3) is 76.3. The molecule has 0 aromatic heterocycles. The van der Waals surface area contributed by atoms with Gasteiger partial charge in [0.15, 0.2) is 12.2 Å². The number of phosphoric acid groups is 2. The maximum absolute atomic E-state index is 13.1. The molecule has 0 fully saturated rings. The van der Waals surface area contributed by atoms with Crippen molar-refractivity contribution in [3.05, 3.63) is 24.3 Å². The Morgan fingerprint density at radius 3 is 0.817 bits per heavy atom. The third-order valence-corrected chi connectivity index (χ3v) is 21.7. The smallest absolute Gasteiger partial charge is 0.462 e. The van der Waals surface area contributed by atoms with Gasteiger partial charge in [0.05, 0.1) is 26.4 Å². The topological polar surface area (TPSA) is 237 Å². The number of unbranched alkanes of at least 4 members (excludes halogenated alkanes) is 51. The maximum atomic E-state index is 13.1. The van der Waals surface area contributed by atoms with Crippen LogP contribution in [-0.2, 0) is 65.4 Å². The van der Waals surface area contributed by atoms with Crippen LogP contribution in [0.1, 0.15) is 433 Å². The van der Waals surface area contributed by atoms with Gasteiger partial charge in [0, 0.05) is 25.7 Å². The number of rotatable bonds is 83. The Bertz CT molecular complexity index is 2080. The molecule has 3 N–H and O–H groups in total. The molecule has 0 bridgehead atoms. The molecule has 0 aliphatic heterocycles. The first-order valence-electron chi connectivity index (χ1n) is 43.5. The van der Waals surface area contributed by atoms with E-state index in [4.69, 9.17) is 37.0 Å². The molecule has 614 valence electrons. The van der Waals surface area contributed by atoms with E-state index in [2.05, 4.69) is 58.9 Å².